The first-order valence-corrected chi connectivity index (χ1v) is 7.95. The highest BCUT2D eigenvalue weighted by Crippen LogP contribution is 2.38. The van der Waals surface area contributed by atoms with E-state index in [-0.39, 0.29) is 17.9 Å². The van der Waals surface area contributed by atoms with E-state index in [0.29, 0.717) is 25.0 Å². The number of allylic oxidation sites excluding steroid dienone is 5. The van der Waals surface area contributed by atoms with E-state index in [1.807, 2.05) is 0 Å². The zero-order valence-electron chi connectivity index (χ0n) is 12.7. The number of halogens is 3. The normalized spacial score (nSPS) is 33.3. The molecule has 1 aliphatic heterocycles. The zero-order valence-corrected chi connectivity index (χ0v) is 12.7. The average molecular weight is 314 g/mol. The molecule has 0 radical (unpaired) electrons. The summed E-state index contributed by atoms with van der Waals surface area (Å²) in [4.78, 5) is 0. The SMILES string of the molecule is CC1CCC(C2COC(=C3C=C(F)C(F)=C(F)C3)OC2)CC1. The lowest BCUT2D eigenvalue weighted by atomic mass is 9.76. The van der Waals surface area contributed by atoms with Gasteiger partial charge in [0.15, 0.2) is 11.7 Å². The third-order valence-electron chi connectivity index (χ3n) is 4.94. The van der Waals surface area contributed by atoms with Crippen molar-refractivity contribution < 1.29 is 22.6 Å². The Bertz CT molecular complexity index is 518. The summed E-state index contributed by atoms with van der Waals surface area (Å²) in [6.07, 6.45) is 5.47. The minimum atomic E-state index is -1.42. The molecule has 1 saturated heterocycles. The molecule has 0 unspecified atom stereocenters. The Labute approximate surface area is 128 Å². The highest BCUT2D eigenvalue weighted by molar-refractivity contribution is 5.39. The van der Waals surface area contributed by atoms with E-state index in [4.69, 9.17) is 9.47 Å². The van der Waals surface area contributed by atoms with Gasteiger partial charge in [0.05, 0.1) is 13.2 Å². The van der Waals surface area contributed by atoms with Gasteiger partial charge in [0, 0.05) is 17.9 Å². The lowest BCUT2D eigenvalue weighted by Gasteiger charge is -2.35. The number of rotatable bonds is 1. The smallest absolute Gasteiger partial charge is 0.283 e. The Morgan fingerprint density at radius 2 is 1.59 bits per heavy atom. The lowest BCUT2D eigenvalue weighted by Crippen LogP contribution is -2.32. The molecule has 0 aromatic heterocycles. The molecule has 1 heterocycles. The third kappa shape index (κ3) is 3.18. The fourth-order valence-corrected chi connectivity index (χ4v) is 3.44. The summed E-state index contributed by atoms with van der Waals surface area (Å²) < 4.78 is 50.8. The van der Waals surface area contributed by atoms with E-state index in [9.17, 15) is 13.2 Å². The van der Waals surface area contributed by atoms with Gasteiger partial charge in [-0.3, -0.25) is 0 Å². The van der Waals surface area contributed by atoms with Gasteiger partial charge in [-0.1, -0.05) is 19.8 Å². The van der Waals surface area contributed by atoms with Crippen molar-refractivity contribution in [1.29, 1.82) is 0 Å². The second-order valence-electron chi connectivity index (χ2n) is 6.60. The van der Waals surface area contributed by atoms with Crippen LogP contribution >= 0.6 is 0 Å². The summed E-state index contributed by atoms with van der Waals surface area (Å²) in [7, 11) is 0. The van der Waals surface area contributed by atoms with Gasteiger partial charge in [0.1, 0.15) is 5.83 Å². The van der Waals surface area contributed by atoms with Crippen LogP contribution in [0.2, 0.25) is 0 Å². The van der Waals surface area contributed by atoms with Gasteiger partial charge >= 0.3 is 0 Å². The summed E-state index contributed by atoms with van der Waals surface area (Å²) in [5.41, 5.74) is 0.229. The van der Waals surface area contributed by atoms with Crippen molar-refractivity contribution >= 4 is 0 Å². The van der Waals surface area contributed by atoms with Gasteiger partial charge in [-0.25, -0.2) is 13.2 Å². The molecule has 3 aliphatic rings. The van der Waals surface area contributed by atoms with Crippen molar-refractivity contribution in [3.8, 4) is 0 Å². The van der Waals surface area contributed by atoms with Gasteiger partial charge in [-0.2, -0.15) is 0 Å². The fourth-order valence-electron chi connectivity index (χ4n) is 3.44. The van der Waals surface area contributed by atoms with Crippen LogP contribution in [-0.4, -0.2) is 13.2 Å². The molecule has 2 fully saturated rings. The van der Waals surface area contributed by atoms with Crippen LogP contribution in [0.3, 0.4) is 0 Å². The molecule has 0 atom stereocenters. The first-order chi connectivity index (χ1) is 10.5. The molecule has 2 nitrogen and oxygen atoms in total. The Morgan fingerprint density at radius 3 is 2.18 bits per heavy atom. The first kappa shape index (κ1) is 15.5. The monoisotopic (exact) mass is 314 g/mol. The maximum Gasteiger partial charge on any atom is 0.283 e. The largest absolute Gasteiger partial charge is 0.465 e. The van der Waals surface area contributed by atoms with E-state index in [2.05, 4.69) is 6.92 Å². The van der Waals surface area contributed by atoms with Crippen LogP contribution in [0, 0.1) is 17.8 Å². The molecule has 5 heteroatoms. The predicted molar refractivity (Wildman–Crippen MR) is 76.6 cm³/mol. The van der Waals surface area contributed by atoms with Gasteiger partial charge < -0.3 is 9.47 Å². The molecule has 0 spiro atoms. The summed E-state index contributed by atoms with van der Waals surface area (Å²) in [6, 6.07) is 0. The van der Waals surface area contributed by atoms with E-state index in [1.54, 1.807) is 0 Å². The fraction of sp³-hybridized carbons (Fsp3) is 0.647. The maximum atomic E-state index is 13.3. The van der Waals surface area contributed by atoms with E-state index in [0.717, 1.165) is 12.0 Å². The maximum absolute atomic E-state index is 13.3. The first-order valence-electron chi connectivity index (χ1n) is 7.95. The third-order valence-corrected chi connectivity index (χ3v) is 4.94. The molecule has 0 aromatic rings. The van der Waals surface area contributed by atoms with E-state index >= 15 is 0 Å². The van der Waals surface area contributed by atoms with Crippen LogP contribution in [0.4, 0.5) is 13.2 Å². The minimum absolute atomic E-state index is 0.137. The summed E-state index contributed by atoms with van der Waals surface area (Å²) >= 11 is 0. The molecule has 2 aliphatic carbocycles. The van der Waals surface area contributed by atoms with Gasteiger partial charge in [0.25, 0.3) is 5.95 Å². The molecular formula is C17H21F3O2. The molecule has 0 bridgehead atoms. The Balaban J connectivity index is 1.61. The molecule has 1 saturated carbocycles. The molecule has 0 N–H and O–H groups in total. The average Bonchev–Trinajstić information content (AvgIpc) is 2.53. The van der Waals surface area contributed by atoms with Crippen LogP contribution in [-0.2, 0) is 9.47 Å². The molecule has 122 valence electrons. The topological polar surface area (TPSA) is 18.5 Å². The number of hydrogen-bond acceptors (Lipinski definition) is 2. The van der Waals surface area contributed by atoms with Crippen molar-refractivity contribution in [1.82, 2.24) is 0 Å². The minimum Gasteiger partial charge on any atom is -0.465 e. The summed E-state index contributed by atoms with van der Waals surface area (Å²) in [5, 5.41) is 0. The molecule has 0 aromatic carbocycles. The van der Waals surface area contributed by atoms with Gasteiger partial charge in [-0.05, 0) is 30.8 Å². The highest BCUT2D eigenvalue weighted by atomic mass is 19.2. The number of ether oxygens (including phenoxy) is 2. The Kier molecular flexibility index (Phi) is 4.50. The predicted octanol–water partition coefficient (Wildman–Crippen LogP) is 5.10. The standard InChI is InChI=1S/C17H21F3O2/c1-10-2-4-11(5-3-10)13-8-21-17(22-9-13)12-6-14(18)16(20)15(19)7-12/h6,10-11,13H,2-5,7-9H2,1H3. The Hall–Kier alpha value is -1.39. The summed E-state index contributed by atoms with van der Waals surface area (Å²) in [6.45, 7) is 3.28. The summed E-state index contributed by atoms with van der Waals surface area (Å²) in [5.74, 6) is -1.89. The van der Waals surface area contributed by atoms with Crippen molar-refractivity contribution in [2.45, 2.75) is 39.0 Å². The van der Waals surface area contributed by atoms with Gasteiger partial charge in [0.2, 0.25) is 0 Å². The van der Waals surface area contributed by atoms with Crippen molar-refractivity contribution in [3.63, 3.8) is 0 Å². The van der Waals surface area contributed by atoms with Crippen LogP contribution in [0.15, 0.2) is 35.1 Å². The van der Waals surface area contributed by atoms with Gasteiger partial charge in [-0.15, -0.1) is 0 Å². The molecule has 3 rings (SSSR count). The zero-order chi connectivity index (χ0) is 15.7. The molecule has 22 heavy (non-hydrogen) atoms. The van der Waals surface area contributed by atoms with E-state index in [1.165, 1.54) is 25.7 Å². The Morgan fingerprint density at radius 1 is 0.955 bits per heavy atom. The van der Waals surface area contributed by atoms with Crippen molar-refractivity contribution in [3.05, 3.63) is 35.1 Å². The van der Waals surface area contributed by atoms with Crippen molar-refractivity contribution in [2.75, 3.05) is 13.2 Å². The van der Waals surface area contributed by atoms with Crippen LogP contribution in [0.1, 0.15) is 39.0 Å². The highest BCUT2D eigenvalue weighted by Gasteiger charge is 2.32. The molecular weight excluding hydrogens is 293 g/mol. The second-order valence-corrected chi connectivity index (χ2v) is 6.60. The van der Waals surface area contributed by atoms with Crippen molar-refractivity contribution in [2.24, 2.45) is 17.8 Å². The van der Waals surface area contributed by atoms with E-state index < -0.39 is 17.5 Å². The lowest BCUT2D eigenvalue weighted by molar-refractivity contribution is -0.0745. The van der Waals surface area contributed by atoms with Crippen LogP contribution in [0.25, 0.3) is 0 Å². The second kappa shape index (κ2) is 6.39. The molecule has 0 amide bonds. The number of hydrogen-bond donors (Lipinski definition) is 0. The van der Waals surface area contributed by atoms with Crippen LogP contribution in [0.5, 0.6) is 0 Å². The van der Waals surface area contributed by atoms with Crippen LogP contribution < -0.4 is 0 Å². The quantitative estimate of drug-likeness (QED) is 0.671.